The number of aryl methyl sites for hydroxylation is 2. The van der Waals surface area contributed by atoms with Crippen molar-refractivity contribution in [3.8, 4) is 5.75 Å². The third-order valence-corrected chi connectivity index (χ3v) is 5.66. The number of hydrogen-bond donors (Lipinski definition) is 0. The van der Waals surface area contributed by atoms with Crippen LogP contribution in [0, 0.1) is 0 Å². The van der Waals surface area contributed by atoms with Crippen LogP contribution in [-0.4, -0.2) is 48.5 Å². The van der Waals surface area contributed by atoms with E-state index in [1.165, 1.54) is 36.0 Å². The maximum atomic E-state index is 12.5. The van der Waals surface area contributed by atoms with E-state index in [1.54, 1.807) is 0 Å². The summed E-state index contributed by atoms with van der Waals surface area (Å²) in [4.78, 5) is 16.8. The van der Waals surface area contributed by atoms with Crippen LogP contribution in [0.25, 0.3) is 0 Å². The number of rotatable bonds is 5. The predicted octanol–water partition coefficient (Wildman–Crippen LogP) is 3.29. The van der Waals surface area contributed by atoms with Gasteiger partial charge in [-0.25, -0.2) is 0 Å². The zero-order valence-corrected chi connectivity index (χ0v) is 15.9. The Labute approximate surface area is 161 Å². The minimum atomic E-state index is 0.0899. The molecule has 4 rings (SSSR count). The Morgan fingerprint density at radius 1 is 0.889 bits per heavy atom. The van der Waals surface area contributed by atoms with Crippen LogP contribution < -0.4 is 4.74 Å². The van der Waals surface area contributed by atoms with Gasteiger partial charge in [0, 0.05) is 32.7 Å². The smallest absolute Gasteiger partial charge is 0.260 e. The summed E-state index contributed by atoms with van der Waals surface area (Å²) in [6.45, 7) is 4.48. The number of ether oxygens (including phenoxy) is 1. The van der Waals surface area contributed by atoms with E-state index < -0.39 is 0 Å². The third kappa shape index (κ3) is 4.69. The third-order valence-electron chi connectivity index (χ3n) is 5.66. The zero-order chi connectivity index (χ0) is 18.5. The average molecular weight is 364 g/mol. The molecule has 1 saturated heterocycles. The molecule has 0 N–H and O–H groups in total. The number of hydrogen-bond acceptors (Lipinski definition) is 3. The monoisotopic (exact) mass is 364 g/mol. The summed E-state index contributed by atoms with van der Waals surface area (Å²) in [6.07, 6.45) is 4.83. The van der Waals surface area contributed by atoms with Crippen molar-refractivity contribution >= 4 is 5.91 Å². The predicted molar refractivity (Wildman–Crippen MR) is 107 cm³/mol. The molecule has 1 amide bonds. The van der Waals surface area contributed by atoms with Gasteiger partial charge in [0.25, 0.3) is 5.91 Å². The van der Waals surface area contributed by atoms with Gasteiger partial charge in [0.05, 0.1) is 0 Å². The molecule has 0 aromatic heterocycles. The molecule has 4 nitrogen and oxygen atoms in total. The molecule has 1 heterocycles. The number of piperazine rings is 1. The van der Waals surface area contributed by atoms with Crippen molar-refractivity contribution in [1.82, 2.24) is 9.80 Å². The van der Waals surface area contributed by atoms with Crippen molar-refractivity contribution in [2.75, 3.05) is 32.8 Å². The fourth-order valence-corrected chi connectivity index (χ4v) is 4.03. The Kier molecular flexibility index (Phi) is 5.73. The highest BCUT2D eigenvalue weighted by molar-refractivity contribution is 5.77. The van der Waals surface area contributed by atoms with Crippen molar-refractivity contribution < 1.29 is 9.53 Å². The lowest BCUT2D eigenvalue weighted by Gasteiger charge is -2.34. The minimum Gasteiger partial charge on any atom is -0.484 e. The highest BCUT2D eigenvalue weighted by Gasteiger charge is 2.21. The maximum absolute atomic E-state index is 12.5. The molecule has 2 aromatic carbocycles. The van der Waals surface area contributed by atoms with Crippen LogP contribution in [0.2, 0.25) is 0 Å². The van der Waals surface area contributed by atoms with Crippen molar-refractivity contribution in [3.63, 3.8) is 0 Å². The van der Waals surface area contributed by atoms with Gasteiger partial charge in [-0.3, -0.25) is 9.69 Å². The Morgan fingerprint density at radius 3 is 2.41 bits per heavy atom. The zero-order valence-electron chi connectivity index (χ0n) is 15.9. The first kappa shape index (κ1) is 18.1. The van der Waals surface area contributed by atoms with E-state index >= 15 is 0 Å². The van der Waals surface area contributed by atoms with Gasteiger partial charge in [0.2, 0.25) is 0 Å². The van der Waals surface area contributed by atoms with Crippen molar-refractivity contribution in [3.05, 3.63) is 65.2 Å². The molecule has 27 heavy (non-hydrogen) atoms. The second kappa shape index (κ2) is 8.57. The number of carbonyl (C=O) groups is 1. The van der Waals surface area contributed by atoms with Gasteiger partial charge in [-0.15, -0.1) is 0 Å². The standard InChI is InChI=1S/C23H28N2O2/c26-23(18-27-22-11-10-20-8-4-5-9-21(20)16-22)25-14-12-24(13-15-25)17-19-6-2-1-3-7-19/h1-3,6-7,10-11,16H,4-5,8-9,12-15,17-18H2. The Hall–Kier alpha value is -2.33. The molecule has 0 atom stereocenters. The van der Waals surface area contributed by atoms with Crippen LogP contribution in [0.5, 0.6) is 5.75 Å². The molecule has 0 unspecified atom stereocenters. The first-order valence-electron chi connectivity index (χ1n) is 10.1. The van der Waals surface area contributed by atoms with E-state index in [0.29, 0.717) is 0 Å². The number of carbonyl (C=O) groups excluding carboxylic acids is 1. The maximum Gasteiger partial charge on any atom is 0.260 e. The van der Waals surface area contributed by atoms with Crippen LogP contribution in [0.1, 0.15) is 29.5 Å². The summed E-state index contributed by atoms with van der Waals surface area (Å²) in [5.41, 5.74) is 4.16. The van der Waals surface area contributed by atoms with E-state index in [4.69, 9.17) is 4.74 Å². The lowest BCUT2D eigenvalue weighted by molar-refractivity contribution is -0.135. The lowest BCUT2D eigenvalue weighted by atomic mass is 9.92. The van der Waals surface area contributed by atoms with Gasteiger partial charge >= 0.3 is 0 Å². The highest BCUT2D eigenvalue weighted by atomic mass is 16.5. The van der Waals surface area contributed by atoms with Crippen molar-refractivity contribution in [2.45, 2.75) is 32.2 Å². The Morgan fingerprint density at radius 2 is 1.63 bits per heavy atom. The molecule has 0 saturated carbocycles. The molecule has 1 aliphatic heterocycles. The van der Waals surface area contributed by atoms with Crippen LogP contribution in [0.15, 0.2) is 48.5 Å². The fourth-order valence-electron chi connectivity index (χ4n) is 4.03. The number of benzene rings is 2. The molecular weight excluding hydrogens is 336 g/mol. The Balaban J connectivity index is 1.24. The highest BCUT2D eigenvalue weighted by Crippen LogP contribution is 2.25. The number of fused-ring (bicyclic) bond motifs is 1. The van der Waals surface area contributed by atoms with Gasteiger partial charge in [0.15, 0.2) is 6.61 Å². The van der Waals surface area contributed by atoms with E-state index in [9.17, 15) is 4.79 Å². The molecule has 2 aromatic rings. The van der Waals surface area contributed by atoms with Gasteiger partial charge in [0.1, 0.15) is 5.75 Å². The molecule has 0 radical (unpaired) electrons. The SMILES string of the molecule is O=C(COc1ccc2c(c1)CCCC2)N1CCN(Cc2ccccc2)CC1. The average Bonchev–Trinajstić information content (AvgIpc) is 2.73. The first-order valence-corrected chi connectivity index (χ1v) is 10.1. The molecule has 0 bridgehead atoms. The summed E-state index contributed by atoms with van der Waals surface area (Å²) in [5.74, 6) is 0.916. The van der Waals surface area contributed by atoms with Gasteiger partial charge in [-0.05, 0) is 54.5 Å². The molecule has 1 fully saturated rings. The van der Waals surface area contributed by atoms with Crippen molar-refractivity contribution in [2.24, 2.45) is 0 Å². The summed E-state index contributed by atoms with van der Waals surface area (Å²) in [7, 11) is 0. The normalized spacial score (nSPS) is 17.4. The lowest BCUT2D eigenvalue weighted by Crippen LogP contribution is -2.49. The largest absolute Gasteiger partial charge is 0.484 e. The van der Waals surface area contributed by atoms with Gasteiger partial charge < -0.3 is 9.64 Å². The quantitative estimate of drug-likeness (QED) is 0.816. The van der Waals surface area contributed by atoms with Gasteiger partial charge in [-0.2, -0.15) is 0 Å². The molecular formula is C23H28N2O2. The summed E-state index contributed by atoms with van der Waals surface area (Å²) < 4.78 is 5.80. The fraction of sp³-hybridized carbons (Fsp3) is 0.435. The second-order valence-electron chi connectivity index (χ2n) is 7.57. The molecule has 4 heteroatoms. The Bertz CT molecular complexity index is 767. The number of amides is 1. The van der Waals surface area contributed by atoms with Crippen LogP contribution >= 0.6 is 0 Å². The van der Waals surface area contributed by atoms with E-state index in [0.717, 1.165) is 44.9 Å². The molecule has 142 valence electrons. The number of nitrogens with zero attached hydrogens (tertiary/aromatic N) is 2. The van der Waals surface area contributed by atoms with Crippen LogP contribution in [-0.2, 0) is 24.2 Å². The molecule has 0 spiro atoms. The summed E-state index contributed by atoms with van der Waals surface area (Å²) in [5, 5.41) is 0. The van der Waals surface area contributed by atoms with Gasteiger partial charge in [-0.1, -0.05) is 36.4 Å². The summed E-state index contributed by atoms with van der Waals surface area (Å²) in [6, 6.07) is 16.8. The van der Waals surface area contributed by atoms with E-state index in [2.05, 4.69) is 41.3 Å². The molecule has 1 aliphatic carbocycles. The second-order valence-corrected chi connectivity index (χ2v) is 7.57. The van der Waals surface area contributed by atoms with E-state index in [1.807, 2.05) is 17.0 Å². The molecule has 2 aliphatic rings. The van der Waals surface area contributed by atoms with Crippen LogP contribution in [0.3, 0.4) is 0 Å². The van der Waals surface area contributed by atoms with Crippen molar-refractivity contribution in [1.29, 1.82) is 0 Å². The minimum absolute atomic E-state index is 0.0899. The summed E-state index contributed by atoms with van der Waals surface area (Å²) >= 11 is 0. The topological polar surface area (TPSA) is 32.8 Å². The first-order chi connectivity index (χ1) is 13.3. The van der Waals surface area contributed by atoms with E-state index in [-0.39, 0.29) is 12.5 Å². The van der Waals surface area contributed by atoms with Crippen LogP contribution in [0.4, 0.5) is 0 Å².